The van der Waals surface area contributed by atoms with Crippen molar-refractivity contribution in [2.75, 3.05) is 20.3 Å². The molecule has 0 aliphatic carbocycles. The van der Waals surface area contributed by atoms with Crippen LogP contribution in [0.3, 0.4) is 0 Å². The Morgan fingerprint density at radius 1 is 1.29 bits per heavy atom. The summed E-state index contributed by atoms with van der Waals surface area (Å²) < 4.78 is 23.1. The molecule has 1 aliphatic rings. The predicted octanol–water partition coefficient (Wildman–Crippen LogP) is 3.63. The second kappa shape index (κ2) is 14.1. The topological polar surface area (TPSA) is 116 Å². The molecule has 2 rings (SSSR count). The molecule has 0 saturated carbocycles. The van der Waals surface area contributed by atoms with Crippen LogP contribution < -0.4 is 10.1 Å². The van der Waals surface area contributed by atoms with E-state index in [0.717, 1.165) is 19.3 Å². The van der Waals surface area contributed by atoms with Crippen molar-refractivity contribution in [1.29, 1.82) is 0 Å². The number of esters is 1. The maximum atomic E-state index is 13.0. The lowest BCUT2D eigenvalue weighted by atomic mass is 10.0. The summed E-state index contributed by atoms with van der Waals surface area (Å²) in [7, 11) is 1.38. The molecule has 4 atom stereocenters. The molecule has 9 nitrogen and oxygen atoms in total. The molecule has 0 radical (unpaired) electrons. The molecule has 0 bridgehead atoms. The Balaban J connectivity index is 2.14. The van der Waals surface area contributed by atoms with Crippen molar-refractivity contribution < 1.29 is 33.6 Å². The van der Waals surface area contributed by atoms with Gasteiger partial charge in [0.05, 0.1) is 13.2 Å². The van der Waals surface area contributed by atoms with E-state index in [4.69, 9.17) is 18.9 Å². The van der Waals surface area contributed by atoms with Gasteiger partial charge in [0, 0.05) is 25.5 Å². The highest BCUT2D eigenvalue weighted by atomic mass is 16.6. The van der Waals surface area contributed by atoms with Crippen LogP contribution in [0.15, 0.2) is 12.3 Å². The molecule has 34 heavy (non-hydrogen) atoms. The first-order valence-corrected chi connectivity index (χ1v) is 12.2. The van der Waals surface area contributed by atoms with Crippen molar-refractivity contribution in [2.24, 2.45) is 5.92 Å². The van der Waals surface area contributed by atoms with E-state index in [2.05, 4.69) is 31.1 Å². The number of hydrogen-bond acceptors (Lipinski definition) is 8. The number of ether oxygens (including phenoxy) is 4. The van der Waals surface area contributed by atoms with Gasteiger partial charge in [0.25, 0.3) is 5.91 Å². The van der Waals surface area contributed by atoms with Crippen LogP contribution in [0.4, 0.5) is 0 Å². The first kappa shape index (κ1) is 27.9. The molecule has 1 aliphatic heterocycles. The van der Waals surface area contributed by atoms with Gasteiger partial charge < -0.3 is 29.4 Å². The zero-order valence-corrected chi connectivity index (χ0v) is 21.0. The highest BCUT2D eigenvalue weighted by Gasteiger charge is 2.36. The highest BCUT2D eigenvalue weighted by molar-refractivity contribution is 5.97. The summed E-state index contributed by atoms with van der Waals surface area (Å²) in [5, 5.41) is 12.9. The standard InChI is InChI=1S/C25H40N2O7/c1-6-7-8-14-32-23-17(4)34-25(30)18(10-9-11-20(23)33-15-16(2)3)27-24(29)21-22(28)19(31-5)12-13-26-21/h12-13,16-18,20,23,28H,6-11,14-15H2,1-5H3,(H,27,29). The average molecular weight is 481 g/mol. The molecular weight excluding hydrogens is 440 g/mol. The third-order valence-corrected chi connectivity index (χ3v) is 5.73. The molecule has 2 N–H and O–H groups in total. The summed E-state index contributed by atoms with van der Waals surface area (Å²) >= 11 is 0. The van der Waals surface area contributed by atoms with Crippen molar-refractivity contribution in [3.05, 3.63) is 18.0 Å². The average Bonchev–Trinajstić information content (AvgIpc) is 2.85. The van der Waals surface area contributed by atoms with E-state index in [1.807, 2.05) is 0 Å². The number of carbonyl (C=O) groups excluding carboxylic acids is 2. The summed E-state index contributed by atoms with van der Waals surface area (Å²) in [6.07, 6.45) is 4.95. The quantitative estimate of drug-likeness (QED) is 0.364. The number of nitrogens with zero attached hydrogens (tertiary/aromatic N) is 1. The van der Waals surface area contributed by atoms with Crippen LogP contribution in [0.25, 0.3) is 0 Å². The number of carbonyl (C=O) groups is 2. The number of cyclic esters (lactones) is 1. The fourth-order valence-electron chi connectivity index (χ4n) is 3.87. The van der Waals surface area contributed by atoms with Crippen molar-refractivity contribution in [2.45, 2.75) is 90.6 Å². The summed E-state index contributed by atoms with van der Waals surface area (Å²) in [6, 6.07) is 0.562. The van der Waals surface area contributed by atoms with Gasteiger partial charge >= 0.3 is 5.97 Å². The number of amides is 1. The van der Waals surface area contributed by atoms with Crippen LogP contribution in [0.5, 0.6) is 11.5 Å². The van der Waals surface area contributed by atoms with E-state index >= 15 is 0 Å². The first-order valence-electron chi connectivity index (χ1n) is 12.2. The summed E-state index contributed by atoms with van der Waals surface area (Å²) in [6.45, 7) is 9.26. The third kappa shape index (κ3) is 8.13. The first-order chi connectivity index (χ1) is 16.3. The normalized spacial score (nSPS) is 23.5. The number of pyridine rings is 1. The molecular formula is C25H40N2O7. The largest absolute Gasteiger partial charge is 0.503 e. The SMILES string of the molecule is CCCCCOC1C(C)OC(=O)C(NC(=O)c2nccc(OC)c2O)CCCC1OCC(C)C. The fraction of sp³-hybridized carbons (Fsp3) is 0.720. The molecule has 0 aromatic carbocycles. The van der Waals surface area contributed by atoms with Gasteiger partial charge in [-0.05, 0) is 38.5 Å². The number of nitrogens with one attached hydrogen (secondary N) is 1. The number of unbranched alkanes of at least 4 members (excludes halogenated alkanes) is 2. The molecule has 0 spiro atoms. The maximum absolute atomic E-state index is 13.0. The van der Waals surface area contributed by atoms with Gasteiger partial charge in [0.15, 0.2) is 17.2 Å². The Morgan fingerprint density at radius 3 is 2.74 bits per heavy atom. The second-order valence-electron chi connectivity index (χ2n) is 9.12. The molecule has 1 aromatic heterocycles. The summed E-state index contributed by atoms with van der Waals surface area (Å²) in [5.74, 6) is -1.12. The van der Waals surface area contributed by atoms with Crippen LogP contribution in [-0.4, -0.2) is 66.6 Å². The molecule has 4 unspecified atom stereocenters. The highest BCUT2D eigenvalue weighted by Crippen LogP contribution is 2.28. The van der Waals surface area contributed by atoms with E-state index in [1.54, 1.807) is 6.92 Å². The molecule has 1 aromatic rings. The van der Waals surface area contributed by atoms with Gasteiger partial charge in [-0.2, -0.15) is 0 Å². The summed E-state index contributed by atoms with van der Waals surface area (Å²) in [4.78, 5) is 29.7. The Morgan fingerprint density at radius 2 is 2.06 bits per heavy atom. The van der Waals surface area contributed by atoms with E-state index < -0.39 is 30.1 Å². The van der Waals surface area contributed by atoms with Crippen LogP contribution in [0.1, 0.15) is 76.7 Å². The fourth-order valence-corrected chi connectivity index (χ4v) is 3.87. The van der Waals surface area contributed by atoms with Gasteiger partial charge in [-0.15, -0.1) is 0 Å². The van der Waals surface area contributed by atoms with Crippen LogP contribution >= 0.6 is 0 Å². The second-order valence-corrected chi connectivity index (χ2v) is 9.12. The van der Waals surface area contributed by atoms with E-state index in [0.29, 0.717) is 38.4 Å². The van der Waals surface area contributed by atoms with Crippen molar-refractivity contribution in [1.82, 2.24) is 10.3 Å². The number of hydrogen-bond donors (Lipinski definition) is 2. The van der Waals surface area contributed by atoms with Gasteiger partial charge in [0.1, 0.15) is 18.2 Å². The van der Waals surface area contributed by atoms with Crippen molar-refractivity contribution >= 4 is 11.9 Å². The Hall–Kier alpha value is -2.39. The van der Waals surface area contributed by atoms with E-state index in [1.165, 1.54) is 19.4 Å². The minimum Gasteiger partial charge on any atom is -0.503 e. The molecule has 9 heteroatoms. The van der Waals surface area contributed by atoms with Crippen molar-refractivity contribution in [3.8, 4) is 11.5 Å². The molecule has 1 amide bonds. The molecule has 2 heterocycles. The Kier molecular flexibility index (Phi) is 11.6. The summed E-state index contributed by atoms with van der Waals surface area (Å²) in [5.41, 5.74) is -0.213. The zero-order valence-electron chi connectivity index (χ0n) is 21.0. The lowest BCUT2D eigenvalue weighted by Gasteiger charge is -2.31. The molecule has 1 saturated heterocycles. The molecule has 1 fully saturated rings. The van der Waals surface area contributed by atoms with E-state index in [-0.39, 0.29) is 23.3 Å². The maximum Gasteiger partial charge on any atom is 0.329 e. The number of aromatic nitrogens is 1. The van der Waals surface area contributed by atoms with Gasteiger partial charge in [-0.1, -0.05) is 33.6 Å². The Bertz CT molecular complexity index is 787. The third-order valence-electron chi connectivity index (χ3n) is 5.73. The Labute approximate surface area is 202 Å². The van der Waals surface area contributed by atoms with Crippen LogP contribution in [0, 0.1) is 5.92 Å². The van der Waals surface area contributed by atoms with Gasteiger partial charge in [0.2, 0.25) is 0 Å². The molecule has 192 valence electrons. The zero-order chi connectivity index (χ0) is 25.1. The number of methoxy groups -OCH3 is 1. The number of rotatable bonds is 11. The predicted molar refractivity (Wildman–Crippen MR) is 127 cm³/mol. The smallest absolute Gasteiger partial charge is 0.329 e. The van der Waals surface area contributed by atoms with Gasteiger partial charge in [-0.25, -0.2) is 9.78 Å². The van der Waals surface area contributed by atoms with Crippen molar-refractivity contribution in [3.63, 3.8) is 0 Å². The lowest BCUT2D eigenvalue weighted by molar-refractivity contribution is -0.168. The monoisotopic (exact) mass is 480 g/mol. The minimum absolute atomic E-state index is 0.124. The van der Waals surface area contributed by atoms with Gasteiger partial charge in [-0.3, -0.25) is 4.79 Å². The van der Waals surface area contributed by atoms with E-state index in [9.17, 15) is 14.7 Å². The van der Waals surface area contributed by atoms with Crippen LogP contribution in [-0.2, 0) is 19.0 Å². The lowest BCUT2D eigenvalue weighted by Crippen LogP contribution is -2.46. The number of aromatic hydroxyl groups is 1. The van der Waals surface area contributed by atoms with Crippen LogP contribution in [0.2, 0.25) is 0 Å². The minimum atomic E-state index is -0.882.